The van der Waals surface area contributed by atoms with Gasteiger partial charge >= 0.3 is 5.97 Å². The number of carboxylic acids is 1. The topological polar surface area (TPSA) is 68.7 Å². The maximum absolute atomic E-state index is 11.9. The highest BCUT2D eigenvalue weighted by Gasteiger charge is 2.16. The molecule has 0 aliphatic rings. The number of pyridine rings is 1. The monoisotopic (exact) mass is 467 g/mol. The van der Waals surface area contributed by atoms with E-state index in [4.69, 9.17) is 14.5 Å². The molecule has 0 saturated heterocycles. The average Bonchev–Trinajstić information content (AvgIpc) is 2.88. The van der Waals surface area contributed by atoms with Gasteiger partial charge in [-0.15, -0.1) is 0 Å². The second-order valence-corrected chi connectivity index (χ2v) is 8.45. The fourth-order valence-corrected chi connectivity index (χ4v) is 3.85. The third kappa shape index (κ3) is 6.27. The minimum absolute atomic E-state index is 0.0502. The van der Waals surface area contributed by atoms with Crippen LogP contribution >= 0.6 is 0 Å². The zero-order chi connectivity index (χ0) is 24.6. The van der Waals surface area contributed by atoms with E-state index in [1.807, 2.05) is 79.7 Å². The van der Waals surface area contributed by atoms with E-state index in [-0.39, 0.29) is 12.2 Å². The standard InChI is InChI=1S/C30H29NO4/c1-3-7-22-11-13-24(14-12-22)34-20-28-25(30(32)33)15-16-27(31-28)26-18-21(2)10-17-29(26)35-19-23-8-5-4-6-9-23/h4-6,8-18H,3,7,19-20H2,1-2H3,(H,32,33). The molecule has 0 amide bonds. The van der Waals surface area contributed by atoms with Crippen LogP contribution in [0.4, 0.5) is 0 Å². The summed E-state index contributed by atoms with van der Waals surface area (Å²) in [7, 11) is 0. The second kappa shape index (κ2) is 11.3. The molecule has 0 unspecified atom stereocenters. The molecule has 1 aromatic heterocycles. The summed E-state index contributed by atoms with van der Waals surface area (Å²) < 4.78 is 12.0. The van der Waals surface area contributed by atoms with Crippen molar-refractivity contribution in [3.05, 3.63) is 113 Å². The lowest BCUT2D eigenvalue weighted by molar-refractivity contribution is 0.0693. The van der Waals surface area contributed by atoms with Crippen LogP contribution in [0.1, 0.15) is 46.1 Å². The van der Waals surface area contributed by atoms with Crippen LogP contribution in [0.15, 0.2) is 84.9 Å². The van der Waals surface area contributed by atoms with Gasteiger partial charge in [0.05, 0.1) is 17.0 Å². The molecule has 4 aromatic rings. The van der Waals surface area contributed by atoms with Gasteiger partial charge in [0.25, 0.3) is 0 Å². The second-order valence-electron chi connectivity index (χ2n) is 8.45. The van der Waals surface area contributed by atoms with Crippen LogP contribution in [0, 0.1) is 6.92 Å². The third-order valence-corrected chi connectivity index (χ3v) is 5.69. The highest BCUT2D eigenvalue weighted by Crippen LogP contribution is 2.31. The summed E-state index contributed by atoms with van der Waals surface area (Å²) in [4.78, 5) is 16.6. The molecule has 35 heavy (non-hydrogen) atoms. The lowest BCUT2D eigenvalue weighted by Crippen LogP contribution is -2.09. The van der Waals surface area contributed by atoms with Gasteiger partial charge in [-0.1, -0.05) is 67.4 Å². The summed E-state index contributed by atoms with van der Waals surface area (Å²) in [6.45, 7) is 4.62. The molecule has 0 spiro atoms. The van der Waals surface area contributed by atoms with E-state index in [1.54, 1.807) is 12.1 Å². The molecule has 1 N–H and O–H groups in total. The lowest BCUT2D eigenvalue weighted by Gasteiger charge is -2.14. The Hall–Kier alpha value is -4.12. The molecule has 5 heteroatoms. The Labute approximate surface area is 206 Å². The number of nitrogens with zero attached hydrogens (tertiary/aromatic N) is 1. The van der Waals surface area contributed by atoms with Crippen molar-refractivity contribution in [2.24, 2.45) is 0 Å². The predicted octanol–water partition coefficient (Wildman–Crippen LogP) is 6.87. The van der Waals surface area contributed by atoms with E-state index < -0.39 is 5.97 Å². The Morgan fingerprint density at radius 3 is 2.34 bits per heavy atom. The molecule has 0 bridgehead atoms. The van der Waals surface area contributed by atoms with Crippen LogP contribution < -0.4 is 9.47 Å². The minimum Gasteiger partial charge on any atom is -0.488 e. The maximum Gasteiger partial charge on any atom is 0.337 e. The summed E-state index contributed by atoms with van der Waals surface area (Å²) in [6, 6.07) is 27.0. The van der Waals surface area contributed by atoms with Crippen molar-refractivity contribution in [1.29, 1.82) is 0 Å². The zero-order valence-electron chi connectivity index (χ0n) is 20.0. The highest BCUT2D eigenvalue weighted by atomic mass is 16.5. The molecule has 5 nitrogen and oxygen atoms in total. The highest BCUT2D eigenvalue weighted by molar-refractivity contribution is 5.89. The lowest BCUT2D eigenvalue weighted by atomic mass is 10.0. The van der Waals surface area contributed by atoms with Gasteiger partial charge in [-0.25, -0.2) is 9.78 Å². The van der Waals surface area contributed by atoms with Crippen molar-refractivity contribution in [1.82, 2.24) is 4.98 Å². The molecule has 0 saturated carbocycles. The van der Waals surface area contributed by atoms with Gasteiger partial charge in [0.2, 0.25) is 0 Å². The van der Waals surface area contributed by atoms with Crippen LogP contribution in [0.3, 0.4) is 0 Å². The number of benzene rings is 3. The van der Waals surface area contributed by atoms with E-state index in [0.717, 1.165) is 29.5 Å². The molecular formula is C30H29NO4. The van der Waals surface area contributed by atoms with Gasteiger partial charge in [-0.2, -0.15) is 0 Å². The zero-order valence-corrected chi connectivity index (χ0v) is 20.0. The Kier molecular flexibility index (Phi) is 7.78. The van der Waals surface area contributed by atoms with Crippen LogP contribution in [0.25, 0.3) is 11.3 Å². The molecule has 178 valence electrons. The Morgan fingerprint density at radius 2 is 1.63 bits per heavy atom. The van der Waals surface area contributed by atoms with Crippen molar-refractivity contribution in [2.75, 3.05) is 0 Å². The number of ether oxygens (including phenoxy) is 2. The Morgan fingerprint density at radius 1 is 0.857 bits per heavy atom. The summed E-state index contributed by atoms with van der Waals surface area (Å²) >= 11 is 0. The number of rotatable bonds is 10. The molecule has 0 radical (unpaired) electrons. The summed E-state index contributed by atoms with van der Waals surface area (Å²) in [5, 5.41) is 9.71. The fourth-order valence-electron chi connectivity index (χ4n) is 3.85. The van der Waals surface area contributed by atoms with Crippen LogP contribution in [-0.2, 0) is 19.6 Å². The molecule has 1 heterocycles. The number of aromatic carboxylic acids is 1. The molecule has 0 aliphatic heterocycles. The van der Waals surface area contributed by atoms with Crippen molar-refractivity contribution < 1.29 is 19.4 Å². The van der Waals surface area contributed by atoms with Crippen LogP contribution in [0.2, 0.25) is 0 Å². The normalized spacial score (nSPS) is 10.7. The number of carboxylic acid groups (broad SMARTS) is 1. The van der Waals surface area contributed by atoms with Crippen molar-refractivity contribution >= 4 is 5.97 Å². The van der Waals surface area contributed by atoms with Gasteiger partial charge < -0.3 is 14.6 Å². The van der Waals surface area contributed by atoms with Gasteiger partial charge in [0.1, 0.15) is 24.7 Å². The van der Waals surface area contributed by atoms with E-state index in [0.29, 0.717) is 29.5 Å². The van der Waals surface area contributed by atoms with Gasteiger partial charge in [0, 0.05) is 5.56 Å². The third-order valence-electron chi connectivity index (χ3n) is 5.69. The first-order valence-electron chi connectivity index (χ1n) is 11.8. The Bertz CT molecular complexity index is 1280. The Balaban J connectivity index is 1.60. The first kappa shape index (κ1) is 24.0. The van der Waals surface area contributed by atoms with Gasteiger partial charge in [0.15, 0.2) is 0 Å². The van der Waals surface area contributed by atoms with Gasteiger partial charge in [-0.05, 0) is 60.9 Å². The maximum atomic E-state index is 11.9. The quantitative estimate of drug-likeness (QED) is 0.276. The number of hydrogen-bond acceptors (Lipinski definition) is 4. The molecular weight excluding hydrogens is 438 g/mol. The van der Waals surface area contributed by atoms with Crippen LogP contribution in [0.5, 0.6) is 11.5 Å². The van der Waals surface area contributed by atoms with E-state index in [2.05, 4.69) is 6.92 Å². The molecule has 0 atom stereocenters. The number of aryl methyl sites for hydroxylation is 2. The molecule has 3 aromatic carbocycles. The van der Waals surface area contributed by atoms with Gasteiger partial charge in [-0.3, -0.25) is 0 Å². The molecule has 4 rings (SSSR count). The summed E-state index contributed by atoms with van der Waals surface area (Å²) in [5.41, 5.74) is 5.29. The fraction of sp³-hybridized carbons (Fsp3) is 0.200. The molecule has 0 aliphatic carbocycles. The van der Waals surface area contributed by atoms with Crippen molar-refractivity contribution in [2.45, 2.75) is 39.9 Å². The largest absolute Gasteiger partial charge is 0.488 e. The SMILES string of the molecule is CCCc1ccc(OCc2nc(-c3cc(C)ccc3OCc3ccccc3)ccc2C(=O)O)cc1. The van der Waals surface area contributed by atoms with Crippen LogP contribution in [-0.4, -0.2) is 16.1 Å². The summed E-state index contributed by atoms with van der Waals surface area (Å²) in [5.74, 6) is 0.329. The van der Waals surface area contributed by atoms with E-state index in [1.165, 1.54) is 5.56 Å². The van der Waals surface area contributed by atoms with Crippen molar-refractivity contribution in [3.8, 4) is 22.8 Å². The molecule has 0 fully saturated rings. The number of carbonyl (C=O) groups is 1. The smallest absolute Gasteiger partial charge is 0.337 e. The number of hydrogen-bond donors (Lipinski definition) is 1. The van der Waals surface area contributed by atoms with E-state index in [9.17, 15) is 9.90 Å². The first-order chi connectivity index (χ1) is 17.0. The summed E-state index contributed by atoms with van der Waals surface area (Å²) in [6.07, 6.45) is 2.09. The average molecular weight is 468 g/mol. The van der Waals surface area contributed by atoms with E-state index >= 15 is 0 Å². The van der Waals surface area contributed by atoms with Crippen molar-refractivity contribution in [3.63, 3.8) is 0 Å². The number of aromatic nitrogens is 1. The first-order valence-corrected chi connectivity index (χ1v) is 11.8. The minimum atomic E-state index is -1.04. The predicted molar refractivity (Wildman–Crippen MR) is 137 cm³/mol.